The number of rotatable bonds is 4. The minimum absolute atomic E-state index is 0.349. The molecule has 0 radical (unpaired) electrons. The Morgan fingerprint density at radius 2 is 2.32 bits per heavy atom. The van der Waals surface area contributed by atoms with Crippen molar-refractivity contribution in [2.75, 3.05) is 13.7 Å². The Bertz CT molecular complexity index is 446. The van der Waals surface area contributed by atoms with E-state index >= 15 is 0 Å². The summed E-state index contributed by atoms with van der Waals surface area (Å²) in [5, 5.41) is 0. The van der Waals surface area contributed by atoms with Gasteiger partial charge in [0.05, 0.1) is 12.7 Å². The van der Waals surface area contributed by atoms with Crippen LogP contribution in [0.2, 0.25) is 0 Å². The van der Waals surface area contributed by atoms with Crippen molar-refractivity contribution in [3.8, 4) is 5.75 Å². The molecule has 1 N–H and O–H groups in total. The van der Waals surface area contributed by atoms with Crippen molar-refractivity contribution in [3.63, 3.8) is 0 Å². The van der Waals surface area contributed by atoms with Crippen molar-refractivity contribution in [3.05, 3.63) is 28.2 Å². The summed E-state index contributed by atoms with van der Waals surface area (Å²) in [4.78, 5) is 17.2. The summed E-state index contributed by atoms with van der Waals surface area (Å²) in [6.45, 7) is 0.669. The number of carbonyl (C=O) groups is 1. The molecule has 0 aromatic heterocycles. The largest absolute Gasteiger partial charge is 0.496 e. The van der Waals surface area contributed by atoms with E-state index in [1.165, 1.54) is 7.11 Å². The highest BCUT2D eigenvalue weighted by molar-refractivity contribution is 9.10. The van der Waals surface area contributed by atoms with Crippen LogP contribution in [0, 0.1) is 0 Å². The van der Waals surface area contributed by atoms with Gasteiger partial charge in [-0.2, -0.15) is 0 Å². The SMILES string of the molecule is COc1cc(Br)ccc1C(=O)NOC1CCCCO1. The van der Waals surface area contributed by atoms with Gasteiger partial charge in [0.25, 0.3) is 5.91 Å². The number of halogens is 1. The molecule has 1 unspecified atom stereocenters. The zero-order chi connectivity index (χ0) is 13.7. The Labute approximate surface area is 120 Å². The fourth-order valence-electron chi connectivity index (χ4n) is 1.83. The predicted octanol–water partition coefficient (Wildman–Crippen LogP) is 2.65. The van der Waals surface area contributed by atoms with Gasteiger partial charge >= 0.3 is 0 Å². The van der Waals surface area contributed by atoms with E-state index in [1.54, 1.807) is 18.2 Å². The molecule has 1 fully saturated rings. The highest BCUT2D eigenvalue weighted by Gasteiger charge is 2.18. The quantitative estimate of drug-likeness (QED) is 0.863. The van der Waals surface area contributed by atoms with Gasteiger partial charge in [0.1, 0.15) is 5.75 Å². The monoisotopic (exact) mass is 329 g/mol. The molecule has 1 aliphatic heterocycles. The predicted molar refractivity (Wildman–Crippen MR) is 72.8 cm³/mol. The van der Waals surface area contributed by atoms with Crippen molar-refractivity contribution in [2.24, 2.45) is 0 Å². The molecule has 5 nitrogen and oxygen atoms in total. The fraction of sp³-hybridized carbons (Fsp3) is 0.462. The van der Waals surface area contributed by atoms with Crippen molar-refractivity contribution in [1.29, 1.82) is 0 Å². The van der Waals surface area contributed by atoms with Gasteiger partial charge in [0.15, 0.2) is 6.29 Å². The van der Waals surface area contributed by atoms with Crippen LogP contribution >= 0.6 is 15.9 Å². The normalized spacial score (nSPS) is 18.9. The van der Waals surface area contributed by atoms with E-state index in [2.05, 4.69) is 21.4 Å². The van der Waals surface area contributed by atoms with Gasteiger partial charge < -0.3 is 9.47 Å². The third-order valence-electron chi connectivity index (χ3n) is 2.83. The van der Waals surface area contributed by atoms with Gasteiger partial charge in [-0.05, 0) is 31.0 Å². The first kappa shape index (κ1) is 14.3. The summed E-state index contributed by atoms with van der Waals surface area (Å²) in [5.41, 5.74) is 2.82. The third kappa shape index (κ3) is 3.92. The van der Waals surface area contributed by atoms with E-state index in [1.807, 2.05) is 0 Å². The van der Waals surface area contributed by atoms with E-state index in [-0.39, 0.29) is 12.2 Å². The Balaban J connectivity index is 1.95. The third-order valence-corrected chi connectivity index (χ3v) is 3.32. The van der Waals surface area contributed by atoms with Crippen molar-refractivity contribution >= 4 is 21.8 Å². The summed E-state index contributed by atoms with van der Waals surface area (Å²) < 4.78 is 11.4. The summed E-state index contributed by atoms with van der Waals surface area (Å²) >= 11 is 3.32. The van der Waals surface area contributed by atoms with Crippen molar-refractivity contribution in [1.82, 2.24) is 5.48 Å². The van der Waals surface area contributed by atoms with Crippen LogP contribution in [-0.4, -0.2) is 25.9 Å². The summed E-state index contributed by atoms with van der Waals surface area (Å²) in [5.74, 6) is 0.138. The van der Waals surface area contributed by atoms with Gasteiger partial charge in [-0.1, -0.05) is 15.9 Å². The number of nitrogens with one attached hydrogen (secondary N) is 1. The number of ether oxygens (including phenoxy) is 2. The van der Waals surface area contributed by atoms with Gasteiger partial charge in [-0.25, -0.2) is 10.3 Å². The Hall–Kier alpha value is -1.11. The smallest absolute Gasteiger partial charge is 0.278 e. The first-order valence-corrected chi connectivity index (χ1v) is 6.91. The van der Waals surface area contributed by atoms with Gasteiger partial charge in [0.2, 0.25) is 0 Å². The highest BCUT2D eigenvalue weighted by Crippen LogP contribution is 2.23. The molecule has 0 aliphatic carbocycles. The average molecular weight is 330 g/mol. The molecule has 1 saturated heterocycles. The number of carbonyl (C=O) groups excluding carboxylic acids is 1. The molecule has 0 saturated carbocycles. The lowest BCUT2D eigenvalue weighted by Gasteiger charge is -2.22. The van der Waals surface area contributed by atoms with E-state index in [9.17, 15) is 4.79 Å². The molecule has 1 aromatic rings. The molecule has 19 heavy (non-hydrogen) atoms. The van der Waals surface area contributed by atoms with E-state index in [0.29, 0.717) is 17.9 Å². The topological polar surface area (TPSA) is 56.8 Å². The minimum Gasteiger partial charge on any atom is -0.496 e. The summed E-state index contributed by atoms with van der Waals surface area (Å²) in [6, 6.07) is 5.17. The maximum Gasteiger partial charge on any atom is 0.278 e. The maximum atomic E-state index is 12.0. The standard InChI is InChI=1S/C13H16BrNO4/c1-17-11-8-9(14)5-6-10(11)13(16)15-19-12-4-2-3-7-18-12/h5-6,8,12H,2-4,7H2,1H3,(H,15,16). The lowest BCUT2D eigenvalue weighted by atomic mass is 10.2. The lowest BCUT2D eigenvalue weighted by Crippen LogP contribution is -2.33. The van der Waals surface area contributed by atoms with Crippen LogP contribution in [0.4, 0.5) is 0 Å². The number of methoxy groups -OCH3 is 1. The van der Waals surface area contributed by atoms with Gasteiger partial charge in [-0.15, -0.1) is 0 Å². The Morgan fingerprint density at radius 1 is 1.47 bits per heavy atom. The van der Waals surface area contributed by atoms with Crippen LogP contribution in [0.5, 0.6) is 5.75 Å². The molecule has 1 amide bonds. The van der Waals surface area contributed by atoms with Crippen LogP contribution in [0.1, 0.15) is 29.6 Å². The van der Waals surface area contributed by atoms with Crippen LogP contribution in [0.3, 0.4) is 0 Å². The molecule has 6 heteroatoms. The molecule has 104 valence electrons. The second kappa shape index (κ2) is 6.88. The highest BCUT2D eigenvalue weighted by atomic mass is 79.9. The molecular formula is C13H16BrNO4. The molecule has 0 bridgehead atoms. The van der Waals surface area contributed by atoms with E-state index in [0.717, 1.165) is 23.7 Å². The number of hydrogen-bond donors (Lipinski definition) is 1. The Kier molecular flexibility index (Phi) is 5.18. The maximum absolute atomic E-state index is 12.0. The zero-order valence-electron chi connectivity index (χ0n) is 10.6. The molecular weight excluding hydrogens is 314 g/mol. The number of amides is 1. The first-order valence-electron chi connectivity index (χ1n) is 6.12. The molecule has 1 heterocycles. The lowest BCUT2D eigenvalue weighted by molar-refractivity contribution is -0.186. The van der Waals surface area contributed by atoms with E-state index < -0.39 is 0 Å². The Morgan fingerprint density at radius 3 is 3.00 bits per heavy atom. The second-order valence-electron chi connectivity index (χ2n) is 4.19. The number of hydroxylamine groups is 1. The van der Waals surface area contributed by atoms with E-state index in [4.69, 9.17) is 14.3 Å². The zero-order valence-corrected chi connectivity index (χ0v) is 12.2. The fourth-order valence-corrected chi connectivity index (χ4v) is 2.17. The number of hydrogen-bond acceptors (Lipinski definition) is 4. The van der Waals surface area contributed by atoms with Gasteiger partial charge in [0, 0.05) is 17.5 Å². The molecule has 1 aromatic carbocycles. The van der Waals surface area contributed by atoms with Crippen molar-refractivity contribution in [2.45, 2.75) is 25.6 Å². The summed E-state index contributed by atoms with van der Waals surface area (Å²) in [6.07, 6.45) is 2.51. The molecule has 1 aliphatic rings. The number of benzene rings is 1. The van der Waals surface area contributed by atoms with Gasteiger partial charge in [-0.3, -0.25) is 4.79 Å². The first-order chi connectivity index (χ1) is 9.20. The van der Waals surface area contributed by atoms with Crippen LogP contribution in [0.15, 0.2) is 22.7 Å². The molecule has 0 spiro atoms. The van der Waals surface area contributed by atoms with Crippen LogP contribution in [0.25, 0.3) is 0 Å². The second-order valence-corrected chi connectivity index (χ2v) is 5.11. The molecule has 2 rings (SSSR count). The summed E-state index contributed by atoms with van der Waals surface area (Å²) in [7, 11) is 1.52. The molecule has 1 atom stereocenters. The average Bonchev–Trinajstić information content (AvgIpc) is 2.45. The van der Waals surface area contributed by atoms with Crippen molar-refractivity contribution < 1.29 is 19.1 Å². The minimum atomic E-state index is -0.362. The van der Waals surface area contributed by atoms with Crippen LogP contribution in [-0.2, 0) is 9.57 Å². The van der Waals surface area contributed by atoms with Crippen LogP contribution < -0.4 is 10.2 Å².